The van der Waals surface area contributed by atoms with Crippen molar-refractivity contribution in [3.8, 4) is 0 Å². The van der Waals surface area contributed by atoms with E-state index in [4.69, 9.17) is 0 Å². The molecule has 0 saturated carbocycles. The molecule has 2 N–H and O–H groups in total. The first kappa shape index (κ1) is 12.7. The van der Waals surface area contributed by atoms with Crippen molar-refractivity contribution >= 4 is 11.8 Å². The number of hydrogen-bond acceptors (Lipinski definition) is 2. The normalized spacial score (nSPS) is 15.1. The molecule has 0 saturated heterocycles. The second-order valence-electron chi connectivity index (χ2n) is 4.58. The first-order valence-electron chi connectivity index (χ1n) is 6.46. The van der Waals surface area contributed by atoms with Crippen LogP contribution in [0.2, 0.25) is 0 Å². The predicted molar refractivity (Wildman–Crippen MR) is 71.4 cm³/mol. The number of carbonyl (C=O) groups excluding carboxylic acids is 1. The number of urea groups is 1. The number of aryl methyl sites for hydroxylation is 1. The van der Waals surface area contributed by atoms with Gasteiger partial charge in [-0.1, -0.05) is 11.6 Å². The lowest BCUT2D eigenvalue weighted by atomic mass is 9.97. The van der Waals surface area contributed by atoms with Crippen molar-refractivity contribution in [3.05, 3.63) is 23.9 Å². The van der Waals surface area contributed by atoms with Gasteiger partial charge in [-0.15, -0.1) is 0 Å². The van der Waals surface area contributed by atoms with Gasteiger partial charge in [-0.2, -0.15) is 5.10 Å². The van der Waals surface area contributed by atoms with Gasteiger partial charge in [0.15, 0.2) is 0 Å². The van der Waals surface area contributed by atoms with Crippen LogP contribution in [-0.4, -0.2) is 22.4 Å². The molecule has 18 heavy (non-hydrogen) atoms. The fraction of sp³-hybridized carbons (Fsp3) is 0.538. The smallest absolute Gasteiger partial charge is 0.320 e. The van der Waals surface area contributed by atoms with Crippen LogP contribution in [-0.2, 0) is 7.05 Å². The summed E-state index contributed by atoms with van der Waals surface area (Å²) >= 11 is 0. The number of aromatic nitrogens is 2. The van der Waals surface area contributed by atoms with E-state index >= 15 is 0 Å². The average molecular weight is 248 g/mol. The molecule has 5 heteroatoms. The molecule has 1 aromatic heterocycles. The number of nitrogens with zero attached hydrogens (tertiary/aromatic N) is 2. The number of hydrogen-bond donors (Lipinski definition) is 2. The van der Waals surface area contributed by atoms with Gasteiger partial charge in [0.1, 0.15) is 5.82 Å². The maximum absolute atomic E-state index is 11.6. The van der Waals surface area contributed by atoms with Crippen molar-refractivity contribution in [2.75, 3.05) is 11.9 Å². The number of anilines is 1. The minimum Gasteiger partial charge on any atom is -0.338 e. The summed E-state index contributed by atoms with van der Waals surface area (Å²) in [4.78, 5) is 11.6. The van der Waals surface area contributed by atoms with E-state index in [1.807, 2.05) is 0 Å². The molecular formula is C13H20N4O. The molecule has 0 radical (unpaired) electrons. The van der Waals surface area contributed by atoms with E-state index in [9.17, 15) is 4.79 Å². The van der Waals surface area contributed by atoms with Crippen LogP contribution in [0.3, 0.4) is 0 Å². The molecule has 2 rings (SSSR count). The van der Waals surface area contributed by atoms with Crippen molar-refractivity contribution in [1.82, 2.24) is 15.1 Å². The van der Waals surface area contributed by atoms with Crippen LogP contribution in [0.1, 0.15) is 32.1 Å². The minimum atomic E-state index is -0.171. The van der Waals surface area contributed by atoms with Crippen molar-refractivity contribution in [3.63, 3.8) is 0 Å². The van der Waals surface area contributed by atoms with Gasteiger partial charge in [0.05, 0.1) is 6.20 Å². The average Bonchev–Trinajstić information content (AvgIpc) is 2.76. The molecule has 0 spiro atoms. The second kappa shape index (κ2) is 6.23. The van der Waals surface area contributed by atoms with Crippen LogP contribution in [0.4, 0.5) is 10.6 Å². The van der Waals surface area contributed by atoms with E-state index in [1.165, 1.54) is 31.3 Å². The predicted octanol–water partition coefficient (Wildman–Crippen LogP) is 2.43. The van der Waals surface area contributed by atoms with Gasteiger partial charge < -0.3 is 5.32 Å². The van der Waals surface area contributed by atoms with Gasteiger partial charge in [0, 0.05) is 19.7 Å². The fourth-order valence-corrected chi connectivity index (χ4v) is 2.13. The monoisotopic (exact) mass is 248 g/mol. The topological polar surface area (TPSA) is 59.0 Å². The molecule has 5 nitrogen and oxygen atoms in total. The Morgan fingerprint density at radius 3 is 3.06 bits per heavy atom. The molecule has 1 aliphatic rings. The maximum Gasteiger partial charge on any atom is 0.320 e. The molecule has 2 amide bonds. The third kappa shape index (κ3) is 3.61. The lowest BCUT2D eigenvalue weighted by Crippen LogP contribution is -2.30. The molecule has 0 atom stereocenters. The molecule has 0 fully saturated rings. The first-order chi connectivity index (χ1) is 8.75. The Labute approximate surface area is 107 Å². The molecule has 0 bridgehead atoms. The maximum atomic E-state index is 11.6. The Hall–Kier alpha value is -1.78. The van der Waals surface area contributed by atoms with Gasteiger partial charge in [-0.25, -0.2) is 4.79 Å². The Morgan fingerprint density at radius 2 is 2.39 bits per heavy atom. The summed E-state index contributed by atoms with van der Waals surface area (Å²) in [6, 6.07) is 1.60. The fourth-order valence-electron chi connectivity index (χ4n) is 2.13. The number of nitrogens with one attached hydrogen (secondary N) is 2. The summed E-state index contributed by atoms with van der Waals surface area (Å²) in [7, 11) is 1.79. The van der Waals surface area contributed by atoms with Crippen LogP contribution >= 0.6 is 0 Å². The third-order valence-corrected chi connectivity index (χ3v) is 3.18. The highest BCUT2D eigenvalue weighted by Gasteiger charge is 2.06. The number of carbonyl (C=O) groups is 1. The van der Waals surface area contributed by atoms with Crippen molar-refractivity contribution < 1.29 is 4.79 Å². The first-order valence-corrected chi connectivity index (χ1v) is 6.46. The molecule has 98 valence electrons. The largest absolute Gasteiger partial charge is 0.338 e. The molecule has 0 aliphatic heterocycles. The molecule has 1 aromatic rings. The Kier molecular flexibility index (Phi) is 4.39. The standard InChI is InChI=1S/C13H20N4O/c1-17-12(8-10-15-17)16-13(18)14-9-7-11-5-3-2-4-6-11/h5,8,10H,2-4,6-7,9H2,1H3,(H2,14,16,18). The van der Waals surface area contributed by atoms with E-state index in [0.717, 1.165) is 6.42 Å². The van der Waals surface area contributed by atoms with Gasteiger partial charge in [0.2, 0.25) is 0 Å². The van der Waals surface area contributed by atoms with E-state index in [-0.39, 0.29) is 6.03 Å². The zero-order valence-corrected chi connectivity index (χ0v) is 10.8. The molecule has 1 aliphatic carbocycles. The highest BCUT2D eigenvalue weighted by atomic mass is 16.2. The van der Waals surface area contributed by atoms with Crippen molar-refractivity contribution in [2.24, 2.45) is 7.05 Å². The number of rotatable bonds is 4. The highest BCUT2D eigenvalue weighted by molar-refractivity contribution is 5.88. The zero-order valence-electron chi connectivity index (χ0n) is 10.8. The molecule has 0 unspecified atom stereocenters. The number of allylic oxidation sites excluding steroid dienone is 1. The van der Waals surface area contributed by atoms with Crippen molar-refractivity contribution in [1.29, 1.82) is 0 Å². The van der Waals surface area contributed by atoms with E-state index in [1.54, 1.807) is 24.0 Å². The van der Waals surface area contributed by atoms with Crippen LogP contribution in [0.25, 0.3) is 0 Å². The zero-order chi connectivity index (χ0) is 12.8. The van der Waals surface area contributed by atoms with Crippen LogP contribution in [0, 0.1) is 0 Å². The van der Waals surface area contributed by atoms with Gasteiger partial charge in [-0.05, 0) is 32.1 Å². The Morgan fingerprint density at radius 1 is 1.50 bits per heavy atom. The molecule has 0 aromatic carbocycles. The van der Waals surface area contributed by atoms with Gasteiger partial charge in [0.25, 0.3) is 0 Å². The Balaban J connectivity index is 1.69. The summed E-state index contributed by atoms with van der Waals surface area (Å²) in [6.07, 6.45) is 9.89. The van der Waals surface area contributed by atoms with Crippen LogP contribution in [0.15, 0.2) is 23.9 Å². The SMILES string of the molecule is Cn1nccc1NC(=O)NCCC1=CCCCC1. The summed E-state index contributed by atoms with van der Waals surface area (Å²) in [6.45, 7) is 0.690. The summed E-state index contributed by atoms with van der Waals surface area (Å²) < 4.78 is 1.63. The second-order valence-corrected chi connectivity index (χ2v) is 4.58. The molecule has 1 heterocycles. The van der Waals surface area contributed by atoms with E-state index < -0.39 is 0 Å². The Bertz CT molecular complexity index is 436. The highest BCUT2D eigenvalue weighted by Crippen LogP contribution is 2.19. The molecular weight excluding hydrogens is 228 g/mol. The summed E-state index contributed by atoms with van der Waals surface area (Å²) in [5.74, 6) is 0.699. The van der Waals surface area contributed by atoms with Gasteiger partial charge in [-0.3, -0.25) is 10.00 Å². The third-order valence-electron chi connectivity index (χ3n) is 3.18. The lowest BCUT2D eigenvalue weighted by Gasteiger charge is -2.13. The van der Waals surface area contributed by atoms with Crippen LogP contribution < -0.4 is 10.6 Å². The lowest BCUT2D eigenvalue weighted by molar-refractivity contribution is 0.252. The van der Waals surface area contributed by atoms with Crippen molar-refractivity contribution in [2.45, 2.75) is 32.1 Å². The van der Waals surface area contributed by atoms with Gasteiger partial charge >= 0.3 is 6.03 Å². The summed E-state index contributed by atoms with van der Waals surface area (Å²) in [5.41, 5.74) is 1.47. The van der Waals surface area contributed by atoms with E-state index in [0.29, 0.717) is 12.4 Å². The van der Waals surface area contributed by atoms with Crippen LogP contribution in [0.5, 0.6) is 0 Å². The minimum absolute atomic E-state index is 0.171. The quantitative estimate of drug-likeness (QED) is 0.804. The number of amides is 2. The summed E-state index contributed by atoms with van der Waals surface area (Å²) in [5, 5.41) is 9.61. The van der Waals surface area contributed by atoms with E-state index in [2.05, 4.69) is 21.8 Å².